The van der Waals surface area contributed by atoms with Gasteiger partial charge < -0.3 is 4.74 Å². The van der Waals surface area contributed by atoms with Crippen LogP contribution in [0.5, 0.6) is 5.75 Å². The van der Waals surface area contributed by atoms with Crippen LogP contribution < -0.4 is 4.74 Å². The molecule has 0 saturated heterocycles. The van der Waals surface area contributed by atoms with Crippen molar-refractivity contribution in [2.24, 2.45) is 0 Å². The summed E-state index contributed by atoms with van der Waals surface area (Å²) in [5.74, 6) is -9.35. The molecule has 0 radical (unpaired) electrons. The zero-order valence-electron chi connectivity index (χ0n) is 11.0. The molecule has 0 aliphatic carbocycles. The van der Waals surface area contributed by atoms with Gasteiger partial charge in [-0.1, -0.05) is 0 Å². The highest BCUT2D eigenvalue weighted by molar-refractivity contribution is 5.90. The summed E-state index contributed by atoms with van der Waals surface area (Å²) in [5.41, 5.74) is -0.243. The van der Waals surface area contributed by atoms with Crippen molar-refractivity contribution in [3.63, 3.8) is 0 Å². The molecule has 110 valence electrons. The van der Waals surface area contributed by atoms with E-state index in [0.717, 1.165) is 13.1 Å². The van der Waals surface area contributed by atoms with Gasteiger partial charge in [0, 0.05) is 17.5 Å². The third-order valence-corrected chi connectivity index (χ3v) is 2.78. The first-order chi connectivity index (χ1) is 9.82. The van der Waals surface area contributed by atoms with E-state index in [1.54, 1.807) is 6.92 Å². The van der Waals surface area contributed by atoms with E-state index in [1.165, 1.54) is 12.1 Å². The quantitative estimate of drug-likeness (QED) is 0.280. The minimum atomic E-state index is -1.90. The van der Waals surface area contributed by atoms with Gasteiger partial charge in [0.25, 0.3) is 0 Å². The standard InChI is InChI=1S/C14H9F4NO2/c1-6-3-4-8(5-19-6)14(20)21-13-10(16)7(2)9(15)11(17)12(13)18/h3-5H,1-2H3. The number of carbonyl (C=O) groups is 1. The smallest absolute Gasteiger partial charge is 0.345 e. The fourth-order valence-corrected chi connectivity index (χ4v) is 1.55. The third-order valence-electron chi connectivity index (χ3n) is 2.78. The van der Waals surface area contributed by atoms with Crippen molar-refractivity contribution in [2.45, 2.75) is 13.8 Å². The largest absolute Gasteiger partial charge is 0.416 e. The molecule has 21 heavy (non-hydrogen) atoms. The molecule has 0 aliphatic rings. The summed E-state index contributed by atoms with van der Waals surface area (Å²) in [4.78, 5) is 15.5. The van der Waals surface area contributed by atoms with E-state index >= 15 is 0 Å². The molecule has 0 aliphatic heterocycles. The zero-order chi connectivity index (χ0) is 15.7. The normalized spacial score (nSPS) is 10.6. The first-order valence-corrected chi connectivity index (χ1v) is 5.80. The average molecular weight is 299 g/mol. The molecule has 1 aromatic heterocycles. The van der Waals surface area contributed by atoms with Gasteiger partial charge in [0.1, 0.15) is 0 Å². The predicted molar refractivity (Wildman–Crippen MR) is 64.9 cm³/mol. The maximum absolute atomic E-state index is 13.7. The van der Waals surface area contributed by atoms with Crippen molar-refractivity contribution in [3.05, 3.63) is 58.4 Å². The van der Waals surface area contributed by atoms with E-state index < -0.39 is 40.6 Å². The molecule has 0 bridgehead atoms. The van der Waals surface area contributed by atoms with Crippen LogP contribution in [0.4, 0.5) is 17.6 Å². The van der Waals surface area contributed by atoms with Gasteiger partial charge in [-0.2, -0.15) is 4.39 Å². The third kappa shape index (κ3) is 2.72. The number of hydrogen-bond acceptors (Lipinski definition) is 3. The minimum Gasteiger partial charge on any atom is -0.416 e. The van der Waals surface area contributed by atoms with Crippen molar-refractivity contribution in [3.8, 4) is 5.75 Å². The molecule has 0 fully saturated rings. The van der Waals surface area contributed by atoms with Crippen LogP contribution in [-0.2, 0) is 0 Å². The summed E-state index contributed by atoms with van der Waals surface area (Å²) in [6.07, 6.45) is 1.14. The number of hydrogen-bond donors (Lipinski definition) is 0. The van der Waals surface area contributed by atoms with Crippen LogP contribution in [0.2, 0.25) is 0 Å². The number of esters is 1. The van der Waals surface area contributed by atoms with Crippen LogP contribution in [0.15, 0.2) is 18.3 Å². The Morgan fingerprint density at radius 2 is 1.67 bits per heavy atom. The van der Waals surface area contributed by atoms with Gasteiger partial charge in [-0.05, 0) is 26.0 Å². The van der Waals surface area contributed by atoms with Crippen molar-refractivity contribution in [2.75, 3.05) is 0 Å². The maximum Gasteiger partial charge on any atom is 0.345 e. The lowest BCUT2D eigenvalue weighted by Crippen LogP contribution is -2.13. The maximum atomic E-state index is 13.7. The molecule has 3 nitrogen and oxygen atoms in total. The minimum absolute atomic E-state index is 0.0817. The summed E-state index contributed by atoms with van der Waals surface area (Å²) in [6.45, 7) is 2.57. The number of nitrogens with zero attached hydrogens (tertiary/aromatic N) is 1. The van der Waals surface area contributed by atoms with Gasteiger partial charge in [0.2, 0.25) is 11.6 Å². The molecule has 7 heteroatoms. The van der Waals surface area contributed by atoms with E-state index in [9.17, 15) is 22.4 Å². The highest BCUT2D eigenvalue weighted by Gasteiger charge is 2.26. The fraction of sp³-hybridized carbons (Fsp3) is 0.143. The molecule has 1 aromatic carbocycles. The van der Waals surface area contributed by atoms with E-state index in [-0.39, 0.29) is 5.56 Å². The number of carbonyl (C=O) groups excluding carboxylic acids is 1. The number of halogens is 4. The first kappa shape index (κ1) is 15.0. The number of rotatable bonds is 2. The van der Waals surface area contributed by atoms with Crippen molar-refractivity contribution >= 4 is 5.97 Å². The number of ether oxygens (including phenoxy) is 1. The summed E-state index contributed by atoms with van der Waals surface area (Å²) < 4.78 is 58.0. The van der Waals surface area contributed by atoms with E-state index in [2.05, 4.69) is 9.72 Å². The van der Waals surface area contributed by atoms with Gasteiger partial charge >= 0.3 is 5.97 Å². The highest BCUT2D eigenvalue weighted by Crippen LogP contribution is 2.30. The number of aromatic nitrogens is 1. The van der Waals surface area contributed by atoms with Crippen LogP contribution >= 0.6 is 0 Å². The Morgan fingerprint density at radius 1 is 1.00 bits per heavy atom. The summed E-state index contributed by atoms with van der Waals surface area (Å²) in [5, 5.41) is 0. The van der Waals surface area contributed by atoms with E-state index in [0.29, 0.717) is 5.69 Å². The molecular formula is C14H9F4NO2. The lowest BCUT2D eigenvalue weighted by molar-refractivity contribution is 0.0717. The Kier molecular flexibility index (Phi) is 3.93. The van der Waals surface area contributed by atoms with E-state index in [1.807, 2.05) is 0 Å². The van der Waals surface area contributed by atoms with Crippen LogP contribution in [0, 0.1) is 37.1 Å². The van der Waals surface area contributed by atoms with Crippen LogP contribution in [0.1, 0.15) is 21.6 Å². The van der Waals surface area contributed by atoms with Gasteiger partial charge in [0.15, 0.2) is 17.5 Å². The van der Waals surface area contributed by atoms with Crippen LogP contribution in [0.3, 0.4) is 0 Å². The van der Waals surface area contributed by atoms with Gasteiger partial charge in [-0.15, -0.1) is 0 Å². The Balaban J connectivity index is 2.40. The molecule has 0 spiro atoms. The molecule has 2 aromatic rings. The molecule has 0 N–H and O–H groups in total. The number of benzene rings is 1. The second kappa shape index (κ2) is 5.51. The van der Waals surface area contributed by atoms with Crippen LogP contribution in [0.25, 0.3) is 0 Å². The fourth-order valence-electron chi connectivity index (χ4n) is 1.55. The molecule has 0 saturated carbocycles. The van der Waals surface area contributed by atoms with Crippen molar-refractivity contribution < 1.29 is 27.1 Å². The lowest BCUT2D eigenvalue weighted by atomic mass is 10.2. The van der Waals surface area contributed by atoms with Gasteiger partial charge in [0.05, 0.1) is 5.56 Å². The Bertz CT molecular complexity index is 685. The van der Waals surface area contributed by atoms with Gasteiger partial charge in [-0.3, -0.25) is 4.98 Å². The lowest BCUT2D eigenvalue weighted by Gasteiger charge is -2.10. The Hall–Kier alpha value is -2.44. The molecule has 2 rings (SSSR count). The molecule has 0 amide bonds. The van der Waals surface area contributed by atoms with Crippen molar-refractivity contribution in [1.29, 1.82) is 0 Å². The molecular weight excluding hydrogens is 290 g/mol. The second-order valence-corrected chi connectivity index (χ2v) is 4.29. The number of pyridine rings is 1. The van der Waals surface area contributed by atoms with Gasteiger partial charge in [-0.25, -0.2) is 18.0 Å². The molecule has 0 atom stereocenters. The first-order valence-electron chi connectivity index (χ1n) is 5.80. The average Bonchev–Trinajstić information content (AvgIpc) is 2.48. The summed E-state index contributed by atoms with van der Waals surface area (Å²) in [7, 11) is 0. The Morgan fingerprint density at radius 3 is 2.24 bits per heavy atom. The monoisotopic (exact) mass is 299 g/mol. The van der Waals surface area contributed by atoms with Crippen molar-refractivity contribution in [1.82, 2.24) is 4.98 Å². The summed E-state index contributed by atoms with van der Waals surface area (Å²) >= 11 is 0. The highest BCUT2D eigenvalue weighted by atomic mass is 19.2. The second-order valence-electron chi connectivity index (χ2n) is 4.29. The van der Waals surface area contributed by atoms with E-state index in [4.69, 9.17) is 0 Å². The topological polar surface area (TPSA) is 39.2 Å². The molecule has 0 unspecified atom stereocenters. The predicted octanol–water partition coefficient (Wildman–Crippen LogP) is 3.47. The number of aryl methyl sites for hydroxylation is 1. The summed E-state index contributed by atoms with van der Waals surface area (Å²) in [6, 6.07) is 2.81. The zero-order valence-corrected chi connectivity index (χ0v) is 11.0. The molecule has 1 heterocycles. The Labute approximate surface area is 117 Å². The van der Waals surface area contributed by atoms with Crippen LogP contribution in [-0.4, -0.2) is 11.0 Å². The SMILES string of the molecule is Cc1ccc(C(=O)Oc2c(F)c(C)c(F)c(F)c2F)cn1.